The van der Waals surface area contributed by atoms with E-state index in [2.05, 4.69) is 4.98 Å². The summed E-state index contributed by atoms with van der Waals surface area (Å²) in [6.45, 7) is 4.14. The Bertz CT molecular complexity index is 581. The number of rotatable bonds is 3. The van der Waals surface area contributed by atoms with Crippen LogP contribution in [0, 0.1) is 17.0 Å². The lowest BCUT2D eigenvalue weighted by Crippen LogP contribution is -1.97. The number of nitro groups is 1. The number of fused-ring (bicyclic) bond motifs is 1. The average molecular weight is 232 g/mol. The minimum absolute atomic E-state index is 0.0821. The molecule has 0 bridgehead atoms. The molecule has 5 nitrogen and oxygen atoms in total. The SMILES string of the molecule is CCOc1ccnc2c(C)c([N+](=O)[O-])ccc12. The number of aryl methyl sites for hydroxylation is 1. The first-order valence-corrected chi connectivity index (χ1v) is 5.30. The molecule has 88 valence electrons. The van der Waals surface area contributed by atoms with Gasteiger partial charge in [0.05, 0.1) is 22.6 Å². The molecule has 2 aromatic rings. The van der Waals surface area contributed by atoms with Crippen LogP contribution in [-0.2, 0) is 0 Å². The van der Waals surface area contributed by atoms with E-state index in [0.717, 1.165) is 5.39 Å². The van der Waals surface area contributed by atoms with Crippen molar-refractivity contribution in [3.05, 3.63) is 40.1 Å². The van der Waals surface area contributed by atoms with Crippen LogP contribution in [-0.4, -0.2) is 16.5 Å². The van der Waals surface area contributed by atoms with Gasteiger partial charge in [-0.2, -0.15) is 0 Å². The molecule has 1 aromatic heterocycles. The largest absolute Gasteiger partial charge is 0.493 e. The number of hydrogen-bond acceptors (Lipinski definition) is 4. The van der Waals surface area contributed by atoms with Gasteiger partial charge < -0.3 is 4.74 Å². The van der Waals surface area contributed by atoms with Gasteiger partial charge >= 0.3 is 0 Å². The van der Waals surface area contributed by atoms with E-state index in [4.69, 9.17) is 4.74 Å². The Hall–Kier alpha value is -2.17. The monoisotopic (exact) mass is 232 g/mol. The lowest BCUT2D eigenvalue weighted by Gasteiger charge is -2.08. The first-order chi connectivity index (χ1) is 8.15. The van der Waals surface area contributed by atoms with E-state index in [1.807, 2.05) is 6.92 Å². The van der Waals surface area contributed by atoms with Crippen molar-refractivity contribution in [3.63, 3.8) is 0 Å². The molecular weight excluding hydrogens is 220 g/mol. The normalized spacial score (nSPS) is 10.5. The molecule has 2 rings (SSSR count). The van der Waals surface area contributed by atoms with Crippen LogP contribution in [0.4, 0.5) is 5.69 Å². The Balaban J connectivity index is 2.71. The van der Waals surface area contributed by atoms with E-state index in [-0.39, 0.29) is 5.69 Å². The molecule has 0 unspecified atom stereocenters. The van der Waals surface area contributed by atoms with Gasteiger partial charge in [-0.25, -0.2) is 0 Å². The van der Waals surface area contributed by atoms with E-state index in [1.165, 1.54) is 6.07 Å². The summed E-state index contributed by atoms with van der Waals surface area (Å²) in [5, 5.41) is 11.6. The van der Waals surface area contributed by atoms with Crippen LogP contribution in [0.3, 0.4) is 0 Å². The van der Waals surface area contributed by atoms with Crippen LogP contribution in [0.5, 0.6) is 5.75 Å². The summed E-state index contributed by atoms with van der Waals surface area (Å²) < 4.78 is 5.46. The number of benzene rings is 1. The molecule has 1 heterocycles. The van der Waals surface area contributed by atoms with Gasteiger partial charge in [-0.15, -0.1) is 0 Å². The first kappa shape index (κ1) is 11.3. The Morgan fingerprint density at radius 3 is 2.82 bits per heavy atom. The fraction of sp³-hybridized carbons (Fsp3) is 0.250. The van der Waals surface area contributed by atoms with Crippen LogP contribution in [0.15, 0.2) is 24.4 Å². The molecular formula is C12H12N2O3. The van der Waals surface area contributed by atoms with Crippen molar-refractivity contribution >= 4 is 16.6 Å². The van der Waals surface area contributed by atoms with Crippen LogP contribution >= 0.6 is 0 Å². The van der Waals surface area contributed by atoms with Crippen molar-refractivity contribution in [2.75, 3.05) is 6.61 Å². The van der Waals surface area contributed by atoms with Gasteiger partial charge in [0.15, 0.2) is 0 Å². The fourth-order valence-corrected chi connectivity index (χ4v) is 1.80. The zero-order valence-corrected chi connectivity index (χ0v) is 9.64. The molecule has 0 saturated heterocycles. The number of pyridine rings is 1. The summed E-state index contributed by atoms with van der Waals surface area (Å²) in [5.74, 6) is 0.704. The van der Waals surface area contributed by atoms with Crippen molar-refractivity contribution in [3.8, 4) is 5.75 Å². The molecule has 0 spiro atoms. The van der Waals surface area contributed by atoms with E-state index in [0.29, 0.717) is 23.4 Å². The maximum atomic E-state index is 10.8. The van der Waals surface area contributed by atoms with E-state index < -0.39 is 4.92 Å². The molecule has 0 amide bonds. The number of hydrogen-bond donors (Lipinski definition) is 0. The van der Waals surface area contributed by atoms with Gasteiger partial charge in [-0.3, -0.25) is 15.1 Å². The molecule has 17 heavy (non-hydrogen) atoms. The second-order valence-corrected chi connectivity index (χ2v) is 3.61. The molecule has 0 N–H and O–H groups in total. The maximum absolute atomic E-state index is 10.8. The molecule has 1 aromatic carbocycles. The average Bonchev–Trinajstić information content (AvgIpc) is 2.30. The summed E-state index contributed by atoms with van der Waals surface area (Å²) in [6, 6.07) is 4.93. The second-order valence-electron chi connectivity index (χ2n) is 3.61. The summed E-state index contributed by atoms with van der Waals surface area (Å²) in [6.07, 6.45) is 1.60. The molecule has 5 heteroatoms. The highest BCUT2D eigenvalue weighted by atomic mass is 16.6. The summed E-state index contributed by atoms with van der Waals surface area (Å²) >= 11 is 0. The van der Waals surface area contributed by atoms with Gasteiger partial charge in [0.1, 0.15) is 5.75 Å². The number of ether oxygens (including phenoxy) is 1. The maximum Gasteiger partial charge on any atom is 0.274 e. The predicted octanol–water partition coefficient (Wildman–Crippen LogP) is 2.85. The summed E-state index contributed by atoms with van der Waals surface area (Å²) in [4.78, 5) is 14.6. The van der Waals surface area contributed by atoms with Crippen molar-refractivity contribution in [2.45, 2.75) is 13.8 Å². The van der Waals surface area contributed by atoms with E-state index in [9.17, 15) is 10.1 Å². The van der Waals surface area contributed by atoms with Crippen LogP contribution in [0.2, 0.25) is 0 Å². The minimum atomic E-state index is -0.399. The van der Waals surface area contributed by atoms with E-state index >= 15 is 0 Å². The van der Waals surface area contributed by atoms with E-state index in [1.54, 1.807) is 25.3 Å². The van der Waals surface area contributed by atoms with Crippen LogP contribution in [0.1, 0.15) is 12.5 Å². The van der Waals surface area contributed by atoms with Gasteiger partial charge in [0.25, 0.3) is 5.69 Å². The zero-order chi connectivity index (χ0) is 12.4. The standard InChI is InChI=1S/C12H12N2O3/c1-3-17-11-6-7-13-12-8(2)10(14(15)16)5-4-9(11)12/h4-7H,3H2,1-2H3. The van der Waals surface area contributed by atoms with Gasteiger partial charge in [-0.05, 0) is 26.0 Å². The Morgan fingerprint density at radius 1 is 1.41 bits per heavy atom. The molecule has 0 aliphatic heterocycles. The van der Waals surface area contributed by atoms with Gasteiger partial charge in [0.2, 0.25) is 0 Å². The number of aromatic nitrogens is 1. The minimum Gasteiger partial charge on any atom is -0.493 e. The van der Waals surface area contributed by atoms with Crippen molar-refractivity contribution in [1.29, 1.82) is 0 Å². The molecule has 0 atom stereocenters. The highest BCUT2D eigenvalue weighted by Crippen LogP contribution is 2.30. The lowest BCUT2D eigenvalue weighted by molar-refractivity contribution is -0.385. The molecule has 0 aliphatic rings. The van der Waals surface area contributed by atoms with Crippen molar-refractivity contribution in [1.82, 2.24) is 4.98 Å². The number of nitro benzene ring substituents is 1. The third-order valence-electron chi connectivity index (χ3n) is 2.59. The predicted molar refractivity (Wildman–Crippen MR) is 64.3 cm³/mol. The highest BCUT2D eigenvalue weighted by Gasteiger charge is 2.15. The Labute approximate surface area is 98.2 Å². The molecule has 0 aliphatic carbocycles. The van der Waals surface area contributed by atoms with Crippen molar-refractivity contribution in [2.24, 2.45) is 0 Å². The molecule has 0 saturated carbocycles. The third-order valence-corrected chi connectivity index (χ3v) is 2.59. The zero-order valence-electron chi connectivity index (χ0n) is 9.64. The summed E-state index contributed by atoms with van der Waals surface area (Å²) in [7, 11) is 0. The topological polar surface area (TPSA) is 65.3 Å². The van der Waals surface area contributed by atoms with Crippen molar-refractivity contribution < 1.29 is 9.66 Å². The third kappa shape index (κ3) is 1.91. The van der Waals surface area contributed by atoms with Crippen LogP contribution < -0.4 is 4.74 Å². The molecule has 0 radical (unpaired) electrons. The quantitative estimate of drug-likeness (QED) is 0.602. The smallest absolute Gasteiger partial charge is 0.274 e. The van der Waals surface area contributed by atoms with Gasteiger partial charge in [-0.1, -0.05) is 0 Å². The van der Waals surface area contributed by atoms with Crippen LogP contribution in [0.25, 0.3) is 10.9 Å². The fourth-order valence-electron chi connectivity index (χ4n) is 1.80. The Kier molecular flexibility index (Phi) is 2.91. The lowest BCUT2D eigenvalue weighted by atomic mass is 10.1. The second kappa shape index (κ2) is 4.37. The number of nitrogens with zero attached hydrogens (tertiary/aromatic N) is 2. The Morgan fingerprint density at radius 2 is 2.18 bits per heavy atom. The first-order valence-electron chi connectivity index (χ1n) is 5.30. The van der Waals surface area contributed by atoms with Gasteiger partial charge in [0, 0.05) is 17.6 Å². The highest BCUT2D eigenvalue weighted by molar-refractivity contribution is 5.89. The molecule has 0 fully saturated rings. The summed E-state index contributed by atoms with van der Waals surface area (Å²) in [5.41, 5.74) is 1.26.